The number of nitrogens with two attached hydrogens (primary N) is 1. The summed E-state index contributed by atoms with van der Waals surface area (Å²) < 4.78 is 19.0. The molecule has 3 rings (SSSR count). The first-order valence-electron chi connectivity index (χ1n) is 6.22. The van der Waals surface area contributed by atoms with Crippen LogP contribution in [0.15, 0.2) is 28.8 Å². The molecule has 0 spiro atoms. The van der Waals surface area contributed by atoms with Crippen molar-refractivity contribution in [2.45, 2.75) is 13.5 Å². The van der Waals surface area contributed by atoms with E-state index in [9.17, 15) is 9.18 Å². The van der Waals surface area contributed by atoms with E-state index in [1.807, 2.05) is 0 Å². The van der Waals surface area contributed by atoms with Crippen molar-refractivity contribution < 1.29 is 13.7 Å². The highest BCUT2D eigenvalue weighted by atomic mass is 32.1. The van der Waals surface area contributed by atoms with E-state index in [0.717, 1.165) is 10.4 Å². The summed E-state index contributed by atoms with van der Waals surface area (Å²) in [5.41, 5.74) is 6.97. The standard InChI is InChI=1S/C14H12FN3O2S/c1-7-4-9(20-18-7)6-17-14(19)13-12(16)10-5-8(15)2-3-11(10)21-13/h2-5H,6,16H2,1H3,(H,17,19). The fourth-order valence-electron chi connectivity index (χ4n) is 2.00. The summed E-state index contributed by atoms with van der Waals surface area (Å²) in [6.07, 6.45) is 0. The van der Waals surface area contributed by atoms with Crippen molar-refractivity contribution >= 4 is 33.0 Å². The largest absolute Gasteiger partial charge is 0.397 e. The summed E-state index contributed by atoms with van der Waals surface area (Å²) in [5.74, 6) is -0.133. The SMILES string of the molecule is Cc1cc(CNC(=O)c2sc3ccc(F)cc3c2N)on1. The van der Waals surface area contributed by atoms with Crippen LogP contribution in [0.1, 0.15) is 21.1 Å². The van der Waals surface area contributed by atoms with E-state index in [2.05, 4.69) is 10.5 Å². The van der Waals surface area contributed by atoms with Crippen molar-refractivity contribution in [3.05, 3.63) is 46.4 Å². The first kappa shape index (κ1) is 13.6. The molecular weight excluding hydrogens is 293 g/mol. The molecule has 0 radical (unpaired) electrons. The summed E-state index contributed by atoms with van der Waals surface area (Å²) >= 11 is 1.23. The molecule has 0 saturated heterocycles. The van der Waals surface area contributed by atoms with Gasteiger partial charge in [0.05, 0.1) is 17.9 Å². The molecule has 0 aliphatic heterocycles. The highest BCUT2D eigenvalue weighted by Crippen LogP contribution is 2.33. The summed E-state index contributed by atoms with van der Waals surface area (Å²) in [5, 5.41) is 7.00. The van der Waals surface area contributed by atoms with Crippen molar-refractivity contribution in [3.63, 3.8) is 0 Å². The van der Waals surface area contributed by atoms with E-state index in [4.69, 9.17) is 10.3 Å². The molecule has 1 aromatic carbocycles. The lowest BCUT2D eigenvalue weighted by Crippen LogP contribution is -2.22. The van der Waals surface area contributed by atoms with E-state index in [1.165, 1.54) is 23.5 Å². The third-order valence-corrected chi connectivity index (χ3v) is 4.18. The van der Waals surface area contributed by atoms with Crippen LogP contribution in [0, 0.1) is 12.7 Å². The van der Waals surface area contributed by atoms with E-state index < -0.39 is 0 Å². The molecule has 3 aromatic rings. The lowest BCUT2D eigenvalue weighted by Gasteiger charge is -2.01. The number of aryl methyl sites for hydroxylation is 1. The van der Waals surface area contributed by atoms with Gasteiger partial charge in [0.15, 0.2) is 5.76 Å². The molecule has 1 amide bonds. The third kappa shape index (κ3) is 2.59. The minimum Gasteiger partial charge on any atom is -0.397 e. The lowest BCUT2D eigenvalue weighted by molar-refractivity contribution is 0.0952. The van der Waals surface area contributed by atoms with Crippen molar-refractivity contribution in [1.82, 2.24) is 10.5 Å². The zero-order valence-corrected chi connectivity index (χ0v) is 12.0. The Bertz CT molecular complexity index is 825. The second-order valence-electron chi connectivity index (χ2n) is 4.60. The van der Waals surface area contributed by atoms with E-state index in [-0.39, 0.29) is 18.3 Å². The number of carbonyl (C=O) groups excluding carboxylic acids is 1. The molecule has 0 atom stereocenters. The summed E-state index contributed by atoms with van der Waals surface area (Å²) in [7, 11) is 0. The average Bonchev–Trinajstić information content (AvgIpc) is 3.01. The zero-order valence-electron chi connectivity index (χ0n) is 11.1. The number of fused-ring (bicyclic) bond motifs is 1. The Morgan fingerprint density at radius 3 is 3.00 bits per heavy atom. The summed E-state index contributed by atoms with van der Waals surface area (Å²) in [6, 6.07) is 6.03. The van der Waals surface area contributed by atoms with Gasteiger partial charge in [0.1, 0.15) is 10.7 Å². The fraction of sp³-hybridized carbons (Fsp3) is 0.143. The summed E-state index contributed by atoms with van der Waals surface area (Å²) in [4.78, 5) is 12.5. The van der Waals surface area contributed by atoms with Crippen molar-refractivity contribution in [2.24, 2.45) is 0 Å². The number of thiophene rings is 1. The van der Waals surface area contributed by atoms with Gasteiger partial charge in [-0.2, -0.15) is 0 Å². The minimum atomic E-state index is -0.379. The number of anilines is 1. The van der Waals surface area contributed by atoms with Crippen LogP contribution in [0.4, 0.5) is 10.1 Å². The second-order valence-corrected chi connectivity index (χ2v) is 5.65. The highest BCUT2D eigenvalue weighted by Gasteiger charge is 2.17. The predicted molar refractivity (Wildman–Crippen MR) is 78.6 cm³/mol. The number of nitrogen functional groups attached to an aromatic ring is 1. The Morgan fingerprint density at radius 2 is 2.29 bits per heavy atom. The summed E-state index contributed by atoms with van der Waals surface area (Å²) in [6.45, 7) is 2.02. The number of carbonyl (C=O) groups is 1. The van der Waals surface area contributed by atoms with Gasteiger partial charge in [0.2, 0.25) is 0 Å². The average molecular weight is 305 g/mol. The quantitative estimate of drug-likeness (QED) is 0.779. The van der Waals surface area contributed by atoms with Crippen LogP contribution in [0.5, 0.6) is 0 Å². The van der Waals surface area contributed by atoms with Gasteiger partial charge in [0, 0.05) is 16.2 Å². The van der Waals surface area contributed by atoms with Gasteiger partial charge < -0.3 is 15.6 Å². The number of halogens is 1. The van der Waals surface area contributed by atoms with Crippen LogP contribution in [0.3, 0.4) is 0 Å². The van der Waals surface area contributed by atoms with Crippen molar-refractivity contribution in [3.8, 4) is 0 Å². The molecule has 0 bridgehead atoms. The topological polar surface area (TPSA) is 81.2 Å². The molecule has 5 nitrogen and oxygen atoms in total. The number of hydrogen-bond donors (Lipinski definition) is 2. The van der Waals surface area contributed by atoms with Crippen LogP contribution in [0.2, 0.25) is 0 Å². The number of benzene rings is 1. The van der Waals surface area contributed by atoms with Gasteiger partial charge >= 0.3 is 0 Å². The molecule has 0 unspecified atom stereocenters. The molecule has 0 fully saturated rings. The maximum atomic E-state index is 13.2. The maximum absolute atomic E-state index is 13.2. The molecule has 2 aromatic heterocycles. The maximum Gasteiger partial charge on any atom is 0.263 e. The monoisotopic (exact) mass is 305 g/mol. The molecule has 7 heteroatoms. The normalized spacial score (nSPS) is 11.0. The Hall–Kier alpha value is -2.41. The van der Waals surface area contributed by atoms with Crippen LogP contribution in [0.25, 0.3) is 10.1 Å². The first-order chi connectivity index (χ1) is 10.0. The fourth-order valence-corrected chi connectivity index (χ4v) is 3.02. The van der Waals surface area contributed by atoms with Crippen molar-refractivity contribution in [1.29, 1.82) is 0 Å². The Balaban J connectivity index is 1.82. The van der Waals surface area contributed by atoms with Gasteiger partial charge in [0.25, 0.3) is 5.91 Å². The van der Waals surface area contributed by atoms with Crippen molar-refractivity contribution in [2.75, 3.05) is 5.73 Å². The number of nitrogens with zero attached hydrogens (tertiary/aromatic N) is 1. The predicted octanol–water partition coefficient (Wildman–Crippen LogP) is 2.85. The smallest absolute Gasteiger partial charge is 0.263 e. The number of rotatable bonds is 3. The molecule has 108 valence electrons. The van der Waals surface area contributed by atoms with Gasteiger partial charge in [-0.1, -0.05) is 5.16 Å². The molecule has 0 aliphatic carbocycles. The molecule has 3 N–H and O–H groups in total. The number of aromatic nitrogens is 1. The van der Waals surface area contributed by atoms with E-state index >= 15 is 0 Å². The minimum absolute atomic E-state index is 0.224. The second kappa shape index (κ2) is 5.17. The number of nitrogens with one attached hydrogen (secondary N) is 1. The molecule has 0 saturated carbocycles. The molecule has 21 heavy (non-hydrogen) atoms. The number of hydrogen-bond acceptors (Lipinski definition) is 5. The molecule has 2 heterocycles. The van der Waals surface area contributed by atoms with Crippen LogP contribution in [-0.2, 0) is 6.54 Å². The van der Waals surface area contributed by atoms with E-state index in [1.54, 1.807) is 19.1 Å². The number of amides is 1. The first-order valence-corrected chi connectivity index (χ1v) is 7.04. The van der Waals surface area contributed by atoms with Gasteiger partial charge in [-0.15, -0.1) is 11.3 Å². The highest BCUT2D eigenvalue weighted by molar-refractivity contribution is 7.21. The molecule has 0 aliphatic rings. The lowest BCUT2D eigenvalue weighted by atomic mass is 10.2. The Morgan fingerprint density at radius 1 is 1.48 bits per heavy atom. The van der Waals surface area contributed by atoms with Gasteiger partial charge in [-0.05, 0) is 25.1 Å². The third-order valence-electron chi connectivity index (χ3n) is 2.99. The van der Waals surface area contributed by atoms with Crippen LogP contribution >= 0.6 is 11.3 Å². The van der Waals surface area contributed by atoms with Crippen LogP contribution < -0.4 is 11.1 Å². The van der Waals surface area contributed by atoms with Crippen LogP contribution in [-0.4, -0.2) is 11.1 Å². The van der Waals surface area contributed by atoms with Gasteiger partial charge in [-0.25, -0.2) is 4.39 Å². The zero-order chi connectivity index (χ0) is 15.0. The van der Waals surface area contributed by atoms with Gasteiger partial charge in [-0.3, -0.25) is 4.79 Å². The Labute approximate surface area is 123 Å². The Kier molecular flexibility index (Phi) is 3.34. The van der Waals surface area contributed by atoms with E-state index in [0.29, 0.717) is 21.7 Å². The molecular formula is C14H12FN3O2S.